The highest BCUT2D eigenvalue weighted by molar-refractivity contribution is 7.89. The van der Waals surface area contributed by atoms with Gasteiger partial charge in [0.25, 0.3) is 0 Å². The van der Waals surface area contributed by atoms with Crippen LogP contribution >= 0.6 is 0 Å². The van der Waals surface area contributed by atoms with Gasteiger partial charge >= 0.3 is 0 Å². The van der Waals surface area contributed by atoms with Gasteiger partial charge in [0.2, 0.25) is 10.0 Å². The first kappa shape index (κ1) is 12.6. The molecule has 0 aliphatic rings. The fourth-order valence-corrected chi connectivity index (χ4v) is 2.62. The van der Waals surface area contributed by atoms with Crippen molar-refractivity contribution in [1.29, 1.82) is 0 Å². The molecule has 0 amide bonds. The van der Waals surface area contributed by atoms with Gasteiger partial charge in [-0.25, -0.2) is 8.42 Å². The number of phenolic OH excluding ortho intramolecular Hbond substituents is 1. The van der Waals surface area contributed by atoms with Gasteiger partial charge in [0.05, 0.1) is 6.20 Å². The molecule has 0 spiro atoms. The zero-order chi connectivity index (χ0) is 13.2. The number of phenols is 1. The van der Waals surface area contributed by atoms with Crippen molar-refractivity contribution >= 4 is 10.0 Å². The predicted octanol–water partition coefficient (Wildman–Crippen LogP) is 0.936. The Balaban J connectivity index is 2.20. The van der Waals surface area contributed by atoms with E-state index in [0.29, 0.717) is 5.56 Å². The van der Waals surface area contributed by atoms with Crippen molar-refractivity contribution in [2.45, 2.75) is 11.4 Å². The average Bonchev–Trinajstić information content (AvgIpc) is 2.82. The summed E-state index contributed by atoms with van der Waals surface area (Å²) in [6.45, 7) is 0.182. The summed E-state index contributed by atoms with van der Waals surface area (Å²) >= 11 is 0. The van der Waals surface area contributed by atoms with E-state index in [4.69, 9.17) is 0 Å². The zero-order valence-corrected chi connectivity index (χ0v) is 10.6. The molecule has 18 heavy (non-hydrogen) atoms. The molecule has 1 aromatic heterocycles. The van der Waals surface area contributed by atoms with Crippen LogP contribution in [0, 0.1) is 0 Å². The second kappa shape index (κ2) is 4.79. The molecule has 1 aromatic carbocycles. The van der Waals surface area contributed by atoms with Gasteiger partial charge in [-0.1, -0.05) is 12.1 Å². The van der Waals surface area contributed by atoms with E-state index in [1.54, 1.807) is 12.1 Å². The second-order valence-corrected chi connectivity index (χ2v) is 5.91. The van der Waals surface area contributed by atoms with Crippen LogP contribution in [-0.4, -0.2) is 35.1 Å². The summed E-state index contributed by atoms with van der Waals surface area (Å²) in [4.78, 5) is 0.116. The highest BCUT2D eigenvalue weighted by Gasteiger charge is 2.21. The van der Waals surface area contributed by atoms with Crippen molar-refractivity contribution in [3.05, 3.63) is 42.2 Å². The molecule has 0 aliphatic carbocycles. The molecule has 96 valence electrons. The van der Waals surface area contributed by atoms with Crippen molar-refractivity contribution in [2.75, 3.05) is 7.05 Å². The van der Waals surface area contributed by atoms with Crippen molar-refractivity contribution in [3.8, 4) is 5.75 Å². The van der Waals surface area contributed by atoms with Crippen molar-refractivity contribution in [1.82, 2.24) is 14.5 Å². The van der Waals surface area contributed by atoms with Crippen LogP contribution in [0.3, 0.4) is 0 Å². The number of nitrogens with zero attached hydrogens (tertiary/aromatic N) is 2. The lowest BCUT2D eigenvalue weighted by Gasteiger charge is -2.16. The fraction of sp³-hybridized carbons (Fsp3) is 0.182. The van der Waals surface area contributed by atoms with Crippen LogP contribution in [0.5, 0.6) is 5.75 Å². The number of sulfonamides is 1. The highest BCUT2D eigenvalue weighted by atomic mass is 32.2. The van der Waals surface area contributed by atoms with Crippen molar-refractivity contribution in [2.24, 2.45) is 0 Å². The number of rotatable bonds is 4. The number of nitrogens with one attached hydrogen (secondary N) is 1. The Morgan fingerprint density at radius 3 is 2.83 bits per heavy atom. The minimum atomic E-state index is -3.55. The maximum atomic E-state index is 12.1. The lowest BCUT2D eigenvalue weighted by molar-refractivity contribution is 0.458. The summed E-state index contributed by atoms with van der Waals surface area (Å²) in [5, 5.41) is 15.4. The van der Waals surface area contributed by atoms with Crippen LogP contribution in [0.15, 0.2) is 41.6 Å². The van der Waals surface area contributed by atoms with E-state index in [1.807, 2.05) is 0 Å². The van der Waals surface area contributed by atoms with Crippen LogP contribution in [0.2, 0.25) is 0 Å². The molecule has 2 N–H and O–H groups in total. The van der Waals surface area contributed by atoms with Gasteiger partial charge in [0, 0.05) is 19.8 Å². The minimum absolute atomic E-state index is 0.113. The summed E-state index contributed by atoms with van der Waals surface area (Å²) in [7, 11) is -2.07. The first-order valence-corrected chi connectivity index (χ1v) is 6.67. The van der Waals surface area contributed by atoms with Crippen molar-refractivity contribution in [3.63, 3.8) is 0 Å². The molecule has 0 saturated carbocycles. The number of aromatic amines is 1. The Hall–Kier alpha value is -1.86. The number of H-pyrrole nitrogens is 1. The Morgan fingerprint density at radius 2 is 2.22 bits per heavy atom. The van der Waals surface area contributed by atoms with Gasteiger partial charge in [-0.15, -0.1) is 0 Å². The lowest BCUT2D eigenvalue weighted by atomic mass is 10.2. The summed E-state index contributed by atoms with van der Waals surface area (Å²) < 4.78 is 25.4. The molecular weight excluding hydrogens is 254 g/mol. The monoisotopic (exact) mass is 267 g/mol. The van der Waals surface area contributed by atoms with E-state index in [2.05, 4.69) is 10.2 Å². The van der Waals surface area contributed by atoms with Crippen LogP contribution in [-0.2, 0) is 16.6 Å². The van der Waals surface area contributed by atoms with Crippen molar-refractivity contribution < 1.29 is 13.5 Å². The molecule has 2 aromatic rings. The van der Waals surface area contributed by atoms with E-state index >= 15 is 0 Å². The molecule has 0 radical (unpaired) electrons. The molecule has 0 bridgehead atoms. The molecule has 0 fully saturated rings. The number of hydrogen-bond acceptors (Lipinski definition) is 4. The van der Waals surface area contributed by atoms with E-state index < -0.39 is 10.0 Å². The molecular formula is C11H13N3O3S. The first-order chi connectivity index (χ1) is 8.50. The summed E-state index contributed by atoms with van der Waals surface area (Å²) in [5.74, 6) is 0.113. The third kappa shape index (κ3) is 2.52. The Labute approximate surface area is 105 Å². The van der Waals surface area contributed by atoms with E-state index in [-0.39, 0.29) is 17.2 Å². The van der Waals surface area contributed by atoms with Gasteiger partial charge in [-0.05, 0) is 17.7 Å². The summed E-state index contributed by atoms with van der Waals surface area (Å²) in [6.07, 6.45) is 2.59. The first-order valence-electron chi connectivity index (χ1n) is 5.23. The number of hydrogen-bond donors (Lipinski definition) is 2. The molecule has 2 rings (SSSR count). The van der Waals surface area contributed by atoms with Crippen LogP contribution in [0.4, 0.5) is 0 Å². The largest absolute Gasteiger partial charge is 0.508 e. The van der Waals surface area contributed by atoms with Crippen LogP contribution in [0.1, 0.15) is 5.56 Å². The Bertz CT molecular complexity index is 623. The SMILES string of the molecule is CN(Cc1cccc(O)c1)S(=O)(=O)c1cn[nH]c1. The average molecular weight is 267 g/mol. The molecule has 7 heteroatoms. The number of benzene rings is 1. The van der Waals surface area contributed by atoms with Crippen LogP contribution in [0.25, 0.3) is 0 Å². The smallest absolute Gasteiger partial charge is 0.246 e. The number of aromatic nitrogens is 2. The summed E-state index contributed by atoms with van der Waals surface area (Å²) in [6, 6.07) is 6.49. The molecule has 1 heterocycles. The van der Waals surface area contributed by atoms with Gasteiger partial charge < -0.3 is 5.11 Å². The molecule has 0 atom stereocenters. The molecule has 6 nitrogen and oxygen atoms in total. The zero-order valence-electron chi connectivity index (χ0n) is 9.74. The predicted molar refractivity (Wildman–Crippen MR) is 65.3 cm³/mol. The van der Waals surface area contributed by atoms with E-state index in [0.717, 1.165) is 0 Å². The standard InChI is InChI=1S/C11H13N3O3S/c1-14(8-9-3-2-4-10(15)5-9)18(16,17)11-6-12-13-7-11/h2-7,15H,8H2,1H3,(H,12,13). The lowest BCUT2D eigenvalue weighted by Crippen LogP contribution is -2.26. The van der Waals surface area contributed by atoms with Gasteiger partial charge in [0.15, 0.2) is 0 Å². The normalized spacial score (nSPS) is 11.9. The summed E-state index contributed by atoms with van der Waals surface area (Å²) in [5.41, 5.74) is 0.713. The maximum Gasteiger partial charge on any atom is 0.246 e. The van der Waals surface area contributed by atoms with Gasteiger partial charge in [0.1, 0.15) is 10.6 Å². The third-order valence-corrected chi connectivity index (χ3v) is 4.27. The van der Waals surface area contributed by atoms with Gasteiger partial charge in [-0.3, -0.25) is 5.10 Å². The van der Waals surface area contributed by atoms with Gasteiger partial charge in [-0.2, -0.15) is 9.40 Å². The maximum absolute atomic E-state index is 12.1. The highest BCUT2D eigenvalue weighted by Crippen LogP contribution is 2.17. The minimum Gasteiger partial charge on any atom is -0.508 e. The molecule has 0 saturated heterocycles. The second-order valence-electron chi connectivity index (χ2n) is 3.86. The Morgan fingerprint density at radius 1 is 1.44 bits per heavy atom. The molecule has 0 aliphatic heterocycles. The molecule has 0 unspecified atom stereocenters. The number of aromatic hydroxyl groups is 1. The topological polar surface area (TPSA) is 86.3 Å². The Kier molecular flexibility index (Phi) is 3.35. The van der Waals surface area contributed by atoms with Crippen LogP contribution < -0.4 is 0 Å². The van der Waals surface area contributed by atoms with E-state index in [1.165, 1.54) is 35.9 Å². The third-order valence-electron chi connectivity index (χ3n) is 2.50. The quantitative estimate of drug-likeness (QED) is 0.863. The van der Waals surface area contributed by atoms with E-state index in [9.17, 15) is 13.5 Å². The fourth-order valence-electron chi connectivity index (χ4n) is 1.56.